The van der Waals surface area contributed by atoms with E-state index in [0.717, 1.165) is 37.5 Å². The smallest absolute Gasteiger partial charge is 0.339 e. The van der Waals surface area contributed by atoms with Gasteiger partial charge in [0.15, 0.2) is 0 Å². The highest BCUT2D eigenvalue weighted by Gasteiger charge is 2.55. The number of nitrogens with zero attached hydrogens (tertiary/aromatic N) is 3. The van der Waals surface area contributed by atoms with E-state index in [-0.39, 0.29) is 29.7 Å². The van der Waals surface area contributed by atoms with Crippen molar-refractivity contribution in [1.82, 2.24) is 15.1 Å². The van der Waals surface area contributed by atoms with Crippen molar-refractivity contribution in [3.63, 3.8) is 0 Å². The van der Waals surface area contributed by atoms with Crippen LogP contribution in [-0.4, -0.2) is 45.8 Å². The van der Waals surface area contributed by atoms with E-state index in [1.807, 2.05) is 37.3 Å². The molecule has 1 saturated carbocycles. The molecule has 1 aromatic heterocycles. The summed E-state index contributed by atoms with van der Waals surface area (Å²) >= 11 is 4.82. The molecule has 3 aromatic carbocycles. The van der Waals surface area contributed by atoms with Crippen LogP contribution in [0.25, 0.3) is 5.69 Å². The predicted molar refractivity (Wildman–Crippen MR) is 176 cm³/mol. The molecule has 1 aliphatic heterocycles. The number of hydrogen-bond acceptors (Lipinski definition) is 5. The van der Waals surface area contributed by atoms with E-state index in [4.69, 9.17) is 17.7 Å². The van der Waals surface area contributed by atoms with Gasteiger partial charge in [-0.15, -0.1) is 0 Å². The Kier molecular flexibility index (Phi) is 8.64. The summed E-state index contributed by atoms with van der Waals surface area (Å²) in [4.78, 5) is 42.8. The number of alkyl halides is 3. The van der Waals surface area contributed by atoms with Gasteiger partial charge in [0.1, 0.15) is 11.9 Å². The number of nitrogens with one attached hydrogen (secondary N) is 2. The summed E-state index contributed by atoms with van der Waals surface area (Å²) in [7, 11) is 0. The lowest BCUT2D eigenvalue weighted by atomic mass is 9.67. The number of amides is 3. The number of aryl methyl sites for hydroxylation is 1. The van der Waals surface area contributed by atoms with Crippen LogP contribution in [0, 0.1) is 12.8 Å². The maximum atomic E-state index is 14.6. The lowest BCUT2D eigenvalue weighted by Gasteiger charge is -2.47. The first kappa shape index (κ1) is 32.4. The van der Waals surface area contributed by atoms with Crippen LogP contribution in [0.3, 0.4) is 0 Å². The van der Waals surface area contributed by atoms with Gasteiger partial charge in [-0.25, -0.2) is 4.68 Å². The number of carbonyl (C=O) groups is 3. The molecular formula is C35H34F3N5O3S. The molecule has 47 heavy (non-hydrogen) atoms. The highest BCUT2D eigenvalue weighted by Crippen LogP contribution is 2.49. The van der Waals surface area contributed by atoms with Crippen molar-refractivity contribution >= 4 is 41.9 Å². The van der Waals surface area contributed by atoms with Crippen molar-refractivity contribution in [3.05, 3.63) is 107 Å². The Labute approximate surface area is 275 Å². The molecule has 0 spiro atoms. The van der Waals surface area contributed by atoms with Gasteiger partial charge in [-0.3, -0.25) is 19.3 Å². The zero-order valence-electron chi connectivity index (χ0n) is 25.8. The van der Waals surface area contributed by atoms with E-state index in [1.54, 1.807) is 35.9 Å². The van der Waals surface area contributed by atoms with Crippen molar-refractivity contribution in [3.8, 4) is 5.69 Å². The molecule has 2 heterocycles. The van der Waals surface area contributed by atoms with E-state index in [1.165, 1.54) is 11.0 Å². The second-order valence-electron chi connectivity index (χ2n) is 11.9. The number of fused-ring (bicyclic) bond motifs is 1. The van der Waals surface area contributed by atoms with Gasteiger partial charge in [0.2, 0.25) is 5.91 Å². The van der Waals surface area contributed by atoms with Crippen LogP contribution in [0.1, 0.15) is 58.9 Å². The molecule has 244 valence electrons. The molecule has 6 rings (SSSR count). The lowest BCUT2D eigenvalue weighted by molar-refractivity contribution is -0.137. The van der Waals surface area contributed by atoms with Gasteiger partial charge in [-0.05, 0) is 74.7 Å². The van der Waals surface area contributed by atoms with Crippen LogP contribution in [0.15, 0.2) is 78.9 Å². The lowest BCUT2D eigenvalue weighted by Crippen LogP contribution is -2.64. The highest BCUT2D eigenvalue weighted by molar-refractivity contribution is 7.80. The van der Waals surface area contributed by atoms with Crippen LogP contribution >= 0.6 is 12.6 Å². The third-order valence-electron chi connectivity index (χ3n) is 9.16. The molecule has 0 unspecified atom stereocenters. The molecule has 4 aromatic rings. The van der Waals surface area contributed by atoms with Gasteiger partial charge >= 0.3 is 6.18 Å². The van der Waals surface area contributed by atoms with Crippen molar-refractivity contribution in [2.45, 2.75) is 50.7 Å². The van der Waals surface area contributed by atoms with E-state index in [2.05, 4.69) is 10.6 Å². The Bertz CT molecular complexity index is 1840. The molecule has 12 heteroatoms. The number of hydrogen-bond donors (Lipinski definition) is 3. The molecule has 0 saturated heterocycles. The molecule has 3 amide bonds. The summed E-state index contributed by atoms with van der Waals surface area (Å²) in [5, 5.41) is 10.7. The Hall–Kier alpha value is -4.58. The first-order valence-electron chi connectivity index (χ1n) is 15.5. The Morgan fingerprint density at radius 1 is 1.02 bits per heavy atom. The van der Waals surface area contributed by atoms with Gasteiger partial charge in [0.25, 0.3) is 11.8 Å². The number of benzene rings is 3. The Morgan fingerprint density at radius 2 is 1.74 bits per heavy atom. The minimum absolute atomic E-state index is 0.0121. The molecule has 0 radical (unpaired) electrons. The average molecular weight is 662 g/mol. The number of carbonyl (C=O) groups excluding carboxylic acids is 3. The van der Waals surface area contributed by atoms with E-state index in [9.17, 15) is 27.6 Å². The fraction of sp³-hybridized carbons (Fsp3) is 0.314. The monoisotopic (exact) mass is 661 g/mol. The average Bonchev–Trinajstić information content (AvgIpc) is 3.38. The summed E-state index contributed by atoms with van der Waals surface area (Å²) in [6.45, 7) is 3.84. The zero-order chi connectivity index (χ0) is 33.5. The maximum absolute atomic E-state index is 14.6. The maximum Gasteiger partial charge on any atom is 0.416 e. The van der Waals surface area contributed by atoms with Gasteiger partial charge in [0, 0.05) is 35.0 Å². The second kappa shape index (κ2) is 12.6. The van der Waals surface area contributed by atoms with E-state index in [0.29, 0.717) is 34.0 Å². The number of halogens is 3. The number of para-hydroxylation sites is 1. The summed E-state index contributed by atoms with van der Waals surface area (Å²) < 4.78 is 42.4. The fourth-order valence-corrected chi connectivity index (χ4v) is 7.08. The summed E-state index contributed by atoms with van der Waals surface area (Å²) in [5.41, 5.74) is 0.454. The van der Waals surface area contributed by atoms with Crippen LogP contribution in [0.5, 0.6) is 0 Å². The standard InChI is InChI=1S/C35H34F3N5O3S/c1-3-42-32-28(21(2)41-43(32)27-16-5-4-6-17-27)34(20-47,24-13-9-15-26(19-24)39-30(44)22-10-7-11-22)29(33(42)46)40-31(45)23-12-8-14-25(18-23)35(36,37)38/h4-6,8-9,12-19,22,29,47H,3,7,10-11,20H2,1-2H3,(H,39,44)(H,40,45)/t29-,34+/m0/s1. The molecule has 2 atom stereocenters. The Morgan fingerprint density at radius 3 is 2.38 bits per heavy atom. The van der Waals surface area contributed by atoms with Gasteiger partial charge in [-0.2, -0.15) is 30.9 Å². The summed E-state index contributed by atoms with van der Waals surface area (Å²) in [6.07, 6.45) is -2.03. The van der Waals surface area contributed by atoms with Crippen molar-refractivity contribution in [2.75, 3.05) is 22.5 Å². The molecule has 0 bridgehead atoms. The van der Waals surface area contributed by atoms with E-state index < -0.39 is 35.0 Å². The van der Waals surface area contributed by atoms with Crippen LogP contribution in [0.4, 0.5) is 24.7 Å². The first-order valence-corrected chi connectivity index (χ1v) is 16.1. The van der Waals surface area contributed by atoms with Crippen molar-refractivity contribution in [2.24, 2.45) is 5.92 Å². The summed E-state index contributed by atoms with van der Waals surface area (Å²) in [6, 6.07) is 19.2. The molecule has 2 N–H and O–H groups in total. The minimum Gasteiger partial charge on any atom is -0.339 e. The zero-order valence-corrected chi connectivity index (χ0v) is 26.7. The van der Waals surface area contributed by atoms with Gasteiger partial charge < -0.3 is 10.6 Å². The third-order valence-corrected chi connectivity index (χ3v) is 9.66. The SMILES string of the molecule is CCN1C(=O)[C@H](NC(=O)c2cccc(C(F)(F)F)c2)[C@](CS)(c2cccc(NC(=O)C3CCC3)c2)c2c(C)nn(-c3ccccc3)c21. The molecule has 1 aliphatic carbocycles. The molecule has 2 aliphatic rings. The molecular weight excluding hydrogens is 627 g/mol. The number of thiol groups is 1. The summed E-state index contributed by atoms with van der Waals surface area (Å²) in [5.74, 6) is -0.961. The number of likely N-dealkylation sites (N-methyl/N-ethyl adjacent to an activating group) is 1. The molecule has 1 fully saturated rings. The van der Waals surface area contributed by atoms with Gasteiger partial charge in [0.05, 0.1) is 22.4 Å². The molecule has 8 nitrogen and oxygen atoms in total. The third kappa shape index (κ3) is 5.68. The van der Waals surface area contributed by atoms with Crippen LogP contribution in [-0.2, 0) is 21.2 Å². The minimum atomic E-state index is -4.66. The number of rotatable bonds is 8. The van der Waals surface area contributed by atoms with Crippen LogP contribution < -0.4 is 15.5 Å². The van der Waals surface area contributed by atoms with E-state index >= 15 is 0 Å². The highest BCUT2D eigenvalue weighted by atomic mass is 32.1. The second-order valence-corrected chi connectivity index (χ2v) is 12.2. The fourth-order valence-electron chi connectivity index (χ4n) is 6.55. The van der Waals surface area contributed by atoms with Crippen molar-refractivity contribution < 1.29 is 27.6 Å². The predicted octanol–water partition coefficient (Wildman–Crippen LogP) is 6.32. The first-order chi connectivity index (χ1) is 22.5. The largest absolute Gasteiger partial charge is 0.416 e. The van der Waals surface area contributed by atoms with Crippen molar-refractivity contribution in [1.29, 1.82) is 0 Å². The topological polar surface area (TPSA) is 96.3 Å². The van der Waals surface area contributed by atoms with Crippen LogP contribution in [0.2, 0.25) is 0 Å². The number of aromatic nitrogens is 2. The number of anilines is 2. The normalized spacial score (nSPS) is 19.6. The van der Waals surface area contributed by atoms with Gasteiger partial charge in [-0.1, -0.05) is 42.8 Å². The quantitative estimate of drug-likeness (QED) is 0.193. The Balaban J connectivity index is 1.54.